The zero-order valence-corrected chi connectivity index (χ0v) is 21.9. The summed E-state index contributed by atoms with van der Waals surface area (Å²) in [7, 11) is 0. The van der Waals surface area contributed by atoms with Crippen molar-refractivity contribution in [3.8, 4) is 0 Å². The van der Waals surface area contributed by atoms with Crippen molar-refractivity contribution < 1.29 is 15.0 Å². The van der Waals surface area contributed by atoms with Crippen LogP contribution in [-0.2, 0) is 4.79 Å². The number of hydrogen-bond donors (Lipinski definition) is 3. The van der Waals surface area contributed by atoms with Crippen LogP contribution in [0.5, 0.6) is 0 Å². The molecular formula is C29H55NO3. The van der Waals surface area contributed by atoms with Crippen molar-refractivity contribution in [2.24, 2.45) is 0 Å². The molecule has 0 saturated carbocycles. The van der Waals surface area contributed by atoms with Crippen LogP contribution in [0.15, 0.2) is 24.3 Å². The molecule has 0 aromatic carbocycles. The van der Waals surface area contributed by atoms with E-state index >= 15 is 0 Å². The van der Waals surface area contributed by atoms with Gasteiger partial charge in [0.2, 0.25) is 5.91 Å². The van der Waals surface area contributed by atoms with Crippen molar-refractivity contribution in [3.63, 3.8) is 0 Å². The van der Waals surface area contributed by atoms with E-state index in [1.165, 1.54) is 77.0 Å². The van der Waals surface area contributed by atoms with Crippen LogP contribution in [0.1, 0.15) is 136 Å². The molecule has 33 heavy (non-hydrogen) atoms. The number of amides is 1. The molecule has 0 aliphatic rings. The average Bonchev–Trinajstić information content (AvgIpc) is 2.82. The summed E-state index contributed by atoms with van der Waals surface area (Å²) in [6.45, 7) is 4.22. The van der Waals surface area contributed by atoms with E-state index in [1.54, 1.807) is 6.08 Å². The van der Waals surface area contributed by atoms with Gasteiger partial charge >= 0.3 is 0 Å². The molecule has 0 aromatic rings. The summed E-state index contributed by atoms with van der Waals surface area (Å²) in [6, 6.07) is -0.618. The van der Waals surface area contributed by atoms with Crippen LogP contribution in [0.25, 0.3) is 0 Å². The van der Waals surface area contributed by atoms with Crippen LogP contribution >= 0.6 is 0 Å². The highest BCUT2D eigenvalue weighted by atomic mass is 16.3. The summed E-state index contributed by atoms with van der Waals surface area (Å²) in [4.78, 5) is 12.2. The van der Waals surface area contributed by atoms with Gasteiger partial charge in [0.25, 0.3) is 0 Å². The SMILES string of the molecule is CCCCCC/C=C\CCCCCCCC(=O)NC(CO)C(O)/C=C/CCCCCCCC. The lowest BCUT2D eigenvalue weighted by atomic mass is 10.1. The van der Waals surface area contributed by atoms with E-state index in [0.29, 0.717) is 6.42 Å². The van der Waals surface area contributed by atoms with Gasteiger partial charge in [-0.15, -0.1) is 0 Å². The van der Waals surface area contributed by atoms with Crippen molar-refractivity contribution >= 4 is 5.91 Å². The summed E-state index contributed by atoms with van der Waals surface area (Å²) >= 11 is 0. The van der Waals surface area contributed by atoms with Gasteiger partial charge in [0.1, 0.15) is 0 Å². The normalized spacial score (nSPS) is 13.7. The van der Waals surface area contributed by atoms with Crippen molar-refractivity contribution in [1.82, 2.24) is 5.32 Å². The standard InChI is InChI=1S/C29H55NO3/c1-3-5-7-9-11-13-14-15-16-17-19-21-23-25-29(33)30-27(26-31)28(32)24-22-20-18-12-10-8-6-4-2/h13-14,22,24,27-28,31-32H,3-12,15-21,23,25-26H2,1-2H3,(H,30,33)/b14-13-,24-22+. The summed E-state index contributed by atoms with van der Waals surface area (Å²) in [5.41, 5.74) is 0. The van der Waals surface area contributed by atoms with Crippen LogP contribution in [0.2, 0.25) is 0 Å². The van der Waals surface area contributed by atoms with E-state index in [4.69, 9.17) is 0 Å². The molecule has 3 N–H and O–H groups in total. The maximum absolute atomic E-state index is 12.2. The lowest BCUT2D eigenvalue weighted by molar-refractivity contribution is -0.123. The van der Waals surface area contributed by atoms with Gasteiger partial charge in [0.05, 0.1) is 18.8 Å². The zero-order valence-electron chi connectivity index (χ0n) is 21.9. The summed E-state index contributed by atoms with van der Waals surface area (Å²) in [5.74, 6) is -0.0802. The third kappa shape index (κ3) is 22.4. The number of aliphatic hydroxyl groups is 2. The molecule has 0 aliphatic heterocycles. The molecule has 1 amide bonds. The Morgan fingerprint density at radius 2 is 1.15 bits per heavy atom. The van der Waals surface area contributed by atoms with Gasteiger partial charge in [0.15, 0.2) is 0 Å². The van der Waals surface area contributed by atoms with Gasteiger partial charge in [-0.2, -0.15) is 0 Å². The molecule has 4 heteroatoms. The van der Waals surface area contributed by atoms with E-state index in [1.807, 2.05) is 6.08 Å². The maximum atomic E-state index is 12.2. The predicted molar refractivity (Wildman–Crippen MR) is 142 cm³/mol. The molecule has 0 aliphatic carbocycles. The number of hydrogen-bond acceptors (Lipinski definition) is 3. The number of carbonyl (C=O) groups excluding carboxylic acids is 1. The molecule has 0 spiro atoms. The first kappa shape index (κ1) is 31.9. The second-order valence-electron chi connectivity index (χ2n) is 9.46. The Morgan fingerprint density at radius 1 is 0.697 bits per heavy atom. The van der Waals surface area contributed by atoms with Gasteiger partial charge in [0, 0.05) is 6.42 Å². The summed E-state index contributed by atoms with van der Waals surface area (Å²) in [6.07, 6.45) is 29.6. The Bertz CT molecular complexity index is 475. The maximum Gasteiger partial charge on any atom is 0.220 e. The van der Waals surface area contributed by atoms with Gasteiger partial charge in [-0.05, 0) is 44.9 Å². The third-order valence-corrected chi connectivity index (χ3v) is 6.18. The first-order valence-corrected chi connectivity index (χ1v) is 14.1. The van der Waals surface area contributed by atoms with E-state index in [-0.39, 0.29) is 12.5 Å². The zero-order chi connectivity index (χ0) is 24.4. The van der Waals surface area contributed by atoms with Crippen molar-refractivity contribution in [2.45, 2.75) is 148 Å². The first-order chi connectivity index (χ1) is 16.2. The number of unbranched alkanes of at least 4 members (excludes halogenated alkanes) is 15. The lowest BCUT2D eigenvalue weighted by Crippen LogP contribution is -2.45. The molecule has 0 rings (SSSR count). The highest BCUT2D eigenvalue weighted by molar-refractivity contribution is 5.76. The van der Waals surface area contributed by atoms with Gasteiger partial charge in [-0.3, -0.25) is 4.79 Å². The molecule has 0 heterocycles. The minimum atomic E-state index is -0.834. The first-order valence-electron chi connectivity index (χ1n) is 14.1. The molecule has 0 aromatic heterocycles. The fourth-order valence-electron chi connectivity index (χ4n) is 3.93. The summed E-state index contributed by atoms with van der Waals surface area (Å²) < 4.78 is 0. The molecule has 2 unspecified atom stereocenters. The van der Waals surface area contributed by atoms with E-state index < -0.39 is 12.1 Å². The van der Waals surface area contributed by atoms with Gasteiger partial charge < -0.3 is 15.5 Å². The van der Waals surface area contributed by atoms with Crippen molar-refractivity contribution in [3.05, 3.63) is 24.3 Å². The second-order valence-corrected chi connectivity index (χ2v) is 9.46. The Morgan fingerprint density at radius 3 is 1.70 bits per heavy atom. The minimum absolute atomic E-state index is 0.0802. The molecular weight excluding hydrogens is 410 g/mol. The molecule has 0 radical (unpaired) electrons. The van der Waals surface area contributed by atoms with Crippen molar-refractivity contribution in [1.29, 1.82) is 0 Å². The van der Waals surface area contributed by atoms with Crippen molar-refractivity contribution in [2.75, 3.05) is 6.61 Å². The number of carbonyl (C=O) groups is 1. The lowest BCUT2D eigenvalue weighted by Gasteiger charge is -2.20. The summed E-state index contributed by atoms with van der Waals surface area (Å²) in [5, 5.41) is 22.6. The minimum Gasteiger partial charge on any atom is -0.394 e. The largest absolute Gasteiger partial charge is 0.394 e. The smallest absolute Gasteiger partial charge is 0.220 e. The van der Waals surface area contributed by atoms with Crippen LogP contribution in [0.4, 0.5) is 0 Å². The number of aliphatic hydroxyl groups excluding tert-OH is 2. The fourth-order valence-corrected chi connectivity index (χ4v) is 3.93. The molecule has 0 fully saturated rings. The number of nitrogens with one attached hydrogen (secondary N) is 1. The monoisotopic (exact) mass is 465 g/mol. The molecule has 2 atom stereocenters. The average molecular weight is 466 g/mol. The fraction of sp³-hybridized carbons (Fsp3) is 0.828. The van der Waals surface area contributed by atoms with E-state index in [2.05, 4.69) is 31.3 Å². The predicted octanol–water partition coefficient (Wildman–Crippen LogP) is 7.39. The van der Waals surface area contributed by atoms with Gasteiger partial charge in [-0.1, -0.05) is 109 Å². The van der Waals surface area contributed by atoms with Crippen LogP contribution in [0, 0.1) is 0 Å². The second kappa shape index (κ2) is 25.5. The highest BCUT2D eigenvalue weighted by Crippen LogP contribution is 2.10. The molecule has 194 valence electrons. The Balaban J connectivity index is 3.72. The topological polar surface area (TPSA) is 69.6 Å². The van der Waals surface area contributed by atoms with Crippen LogP contribution < -0.4 is 5.32 Å². The molecule has 4 nitrogen and oxygen atoms in total. The van der Waals surface area contributed by atoms with Crippen LogP contribution in [0.3, 0.4) is 0 Å². The Kier molecular flexibility index (Phi) is 24.6. The van der Waals surface area contributed by atoms with Crippen LogP contribution in [-0.4, -0.2) is 34.9 Å². The third-order valence-electron chi connectivity index (χ3n) is 6.18. The Labute approximate surface area is 205 Å². The van der Waals surface area contributed by atoms with E-state index in [9.17, 15) is 15.0 Å². The number of rotatable bonds is 24. The molecule has 0 bridgehead atoms. The quantitative estimate of drug-likeness (QED) is 0.103. The van der Waals surface area contributed by atoms with Gasteiger partial charge in [-0.25, -0.2) is 0 Å². The molecule has 0 saturated heterocycles. The van der Waals surface area contributed by atoms with E-state index in [0.717, 1.165) is 38.5 Å². The highest BCUT2D eigenvalue weighted by Gasteiger charge is 2.17. The Hall–Kier alpha value is -1.13. The number of allylic oxidation sites excluding steroid dienone is 3.